The van der Waals surface area contributed by atoms with E-state index in [1.54, 1.807) is 72.8 Å². The lowest BCUT2D eigenvalue weighted by Crippen LogP contribution is -2.32. The summed E-state index contributed by atoms with van der Waals surface area (Å²) in [5.41, 5.74) is 3.43. The number of nitrogens with one attached hydrogen (secondary N) is 2. The molecule has 8 nitrogen and oxygen atoms in total. The number of hydrogen-bond donors (Lipinski definition) is 2. The number of esters is 1. The topological polar surface area (TPSA) is 106 Å². The van der Waals surface area contributed by atoms with E-state index < -0.39 is 17.8 Å². The maximum atomic E-state index is 12.3. The Hall–Kier alpha value is -4.17. The molecule has 0 fully saturated rings. The zero-order valence-electron chi connectivity index (χ0n) is 16.9. The summed E-state index contributed by atoms with van der Waals surface area (Å²) in [6.45, 7) is 0. The van der Waals surface area contributed by atoms with E-state index in [0.29, 0.717) is 27.6 Å². The standard InChI is InChI=1S/C23H18ClN3O5/c1-31-19-6-3-5-16(13-19)23(30)32-20-7-2-4-15(12-20)14-25-27-22(29)21(28)26-18-10-8-17(24)9-11-18/h2-14H,1H3,(H,26,28)(H,27,29). The van der Waals surface area contributed by atoms with Gasteiger partial charge < -0.3 is 14.8 Å². The second kappa shape index (κ2) is 10.7. The van der Waals surface area contributed by atoms with Crippen LogP contribution in [0.4, 0.5) is 5.69 Å². The van der Waals surface area contributed by atoms with Crippen LogP contribution >= 0.6 is 11.6 Å². The first kappa shape index (κ1) is 22.5. The predicted molar refractivity (Wildman–Crippen MR) is 120 cm³/mol. The number of amides is 2. The number of carbonyl (C=O) groups is 3. The largest absolute Gasteiger partial charge is 0.497 e. The van der Waals surface area contributed by atoms with Gasteiger partial charge in [-0.2, -0.15) is 5.10 Å². The van der Waals surface area contributed by atoms with Crippen LogP contribution in [0, 0.1) is 0 Å². The highest BCUT2D eigenvalue weighted by molar-refractivity contribution is 6.39. The van der Waals surface area contributed by atoms with E-state index in [4.69, 9.17) is 21.1 Å². The summed E-state index contributed by atoms with van der Waals surface area (Å²) in [5, 5.41) is 6.69. The molecule has 9 heteroatoms. The molecular weight excluding hydrogens is 434 g/mol. The molecule has 0 aliphatic heterocycles. The number of methoxy groups -OCH3 is 1. The van der Waals surface area contributed by atoms with Crippen molar-refractivity contribution in [1.82, 2.24) is 5.43 Å². The molecule has 0 unspecified atom stereocenters. The first-order valence-corrected chi connectivity index (χ1v) is 9.68. The summed E-state index contributed by atoms with van der Waals surface area (Å²) in [4.78, 5) is 36.1. The number of ether oxygens (including phenoxy) is 2. The third-order valence-electron chi connectivity index (χ3n) is 4.06. The van der Waals surface area contributed by atoms with Gasteiger partial charge in [-0.15, -0.1) is 0 Å². The van der Waals surface area contributed by atoms with Crippen LogP contribution in [-0.4, -0.2) is 31.1 Å². The second-order valence-electron chi connectivity index (χ2n) is 6.35. The summed E-state index contributed by atoms with van der Waals surface area (Å²) in [6, 6.07) is 19.4. The third-order valence-corrected chi connectivity index (χ3v) is 4.31. The van der Waals surface area contributed by atoms with Crippen molar-refractivity contribution in [1.29, 1.82) is 0 Å². The summed E-state index contributed by atoms with van der Waals surface area (Å²) >= 11 is 5.78. The van der Waals surface area contributed by atoms with Crippen LogP contribution in [0.15, 0.2) is 77.9 Å². The quantitative estimate of drug-likeness (QED) is 0.195. The third kappa shape index (κ3) is 6.41. The fourth-order valence-electron chi connectivity index (χ4n) is 2.51. The van der Waals surface area contributed by atoms with Gasteiger partial charge in [0, 0.05) is 10.7 Å². The van der Waals surface area contributed by atoms with Crippen LogP contribution in [0.2, 0.25) is 5.02 Å². The first-order valence-electron chi connectivity index (χ1n) is 9.31. The highest BCUT2D eigenvalue weighted by Crippen LogP contribution is 2.17. The van der Waals surface area contributed by atoms with E-state index >= 15 is 0 Å². The Bertz CT molecular complexity index is 1160. The van der Waals surface area contributed by atoms with Gasteiger partial charge in [0.25, 0.3) is 0 Å². The van der Waals surface area contributed by atoms with Crippen LogP contribution in [0.1, 0.15) is 15.9 Å². The molecule has 0 saturated carbocycles. The van der Waals surface area contributed by atoms with Crippen molar-refractivity contribution >= 4 is 41.3 Å². The van der Waals surface area contributed by atoms with Crippen LogP contribution in [-0.2, 0) is 9.59 Å². The van der Waals surface area contributed by atoms with Crippen LogP contribution < -0.4 is 20.2 Å². The van der Waals surface area contributed by atoms with Crippen molar-refractivity contribution in [3.63, 3.8) is 0 Å². The zero-order valence-corrected chi connectivity index (χ0v) is 17.6. The van der Waals surface area contributed by atoms with Gasteiger partial charge in [-0.05, 0) is 60.2 Å². The Morgan fingerprint density at radius 1 is 0.906 bits per heavy atom. The maximum absolute atomic E-state index is 12.3. The predicted octanol–water partition coefficient (Wildman–Crippen LogP) is 3.66. The normalized spacial score (nSPS) is 10.4. The minimum atomic E-state index is -0.947. The van der Waals surface area contributed by atoms with Crippen molar-refractivity contribution in [2.45, 2.75) is 0 Å². The molecular formula is C23H18ClN3O5. The number of nitrogens with zero attached hydrogens (tertiary/aromatic N) is 1. The highest BCUT2D eigenvalue weighted by Gasteiger charge is 2.13. The molecule has 162 valence electrons. The van der Waals surface area contributed by atoms with Gasteiger partial charge in [0.1, 0.15) is 11.5 Å². The SMILES string of the molecule is COc1cccc(C(=O)Oc2cccc(C=NNC(=O)C(=O)Nc3ccc(Cl)cc3)c2)c1. The summed E-state index contributed by atoms with van der Waals surface area (Å²) in [7, 11) is 1.51. The lowest BCUT2D eigenvalue weighted by Gasteiger charge is -2.06. The number of anilines is 1. The minimum Gasteiger partial charge on any atom is -0.497 e. The van der Waals surface area contributed by atoms with E-state index in [9.17, 15) is 14.4 Å². The second-order valence-corrected chi connectivity index (χ2v) is 6.79. The molecule has 0 bridgehead atoms. The van der Waals surface area contributed by atoms with Gasteiger partial charge in [-0.25, -0.2) is 10.2 Å². The molecule has 3 rings (SSSR count). The van der Waals surface area contributed by atoms with Gasteiger partial charge in [-0.1, -0.05) is 29.8 Å². The lowest BCUT2D eigenvalue weighted by molar-refractivity contribution is -0.136. The summed E-state index contributed by atoms with van der Waals surface area (Å²) in [6.07, 6.45) is 1.32. The van der Waals surface area contributed by atoms with Crippen molar-refractivity contribution < 1.29 is 23.9 Å². The molecule has 0 radical (unpaired) electrons. The molecule has 2 N–H and O–H groups in total. The Labute approximate surface area is 188 Å². The molecule has 0 aromatic heterocycles. The van der Waals surface area contributed by atoms with Crippen LogP contribution in [0.3, 0.4) is 0 Å². The minimum absolute atomic E-state index is 0.286. The molecule has 0 aliphatic carbocycles. The number of halogens is 1. The fraction of sp³-hybridized carbons (Fsp3) is 0.0435. The van der Waals surface area contributed by atoms with E-state index in [-0.39, 0.29) is 5.75 Å². The molecule has 2 amide bonds. The maximum Gasteiger partial charge on any atom is 0.343 e. The number of hydrazone groups is 1. The number of benzene rings is 3. The Morgan fingerprint density at radius 2 is 1.62 bits per heavy atom. The van der Waals surface area contributed by atoms with E-state index in [0.717, 1.165) is 0 Å². The molecule has 0 heterocycles. The number of rotatable bonds is 6. The summed E-state index contributed by atoms with van der Waals surface area (Å²) < 4.78 is 10.5. The van der Waals surface area contributed by atoms with Crippen LogP contribution in [0.5, 0.6) is 11.5 Å². The molecule has 0 aliphatic rings. The number of hydrogen-bond acceptors (Lipinski definition) is 6. The van der Waals surface area contributed by atoms with E-state index in [2.05, 4.69) is 15.8 Å². The summed E-state index contributed by atoms with van der Waals surface area (Å²) in [5.74, 6) is -1.56. The van der Waals surface area contributed by atoms with Gasteiger partial charge in [-0.3, -0.25) is 9.59 Å². The average Bonchev–Trinajstić information content (AvgIpc) is 2.80. The Kier molecular flexibility index (Phi) is 7.55. The fourth-order valence-corrected chi connectivity index (χ4v) is 2.64. The molecule has 0 spiro atoms. The lowest BCUT2D eigenvalue weighted by atomic mass is 10.2. The Balaban J connectivity index is 1.56. The molecule has 32 heavy (non-hydrogen) atoms. The van der Waals surface area contributed by atoms with Crippen molar-refractivity contribution in [3.05, 3.63) is 88.9 Å². The van der Waals surface area contributed by atoms with Gasteiger partial charge >= 0.3 is 17.8 Å². The van der Waals surface area contributed by atoms with Gasteiger partial charge in [0.05, 0.1) is 18.9 Å². The molecule has 3 aromatic rings. The van der Waals surface area contributed by atoms with Gasteiger partial charge in [0.2, 0.25) is 0 Å². The molecule has 0 saturated heterocycles. The molecule has 3 aromatic carbocycles. The zero-order chi connectivity index (χ0) is 22.9. The van der Waals surface area contributed by atoms with E-state index in [1.165, 1.54) is 13.3 Å². The number of carbonyl (C=O) groups excluding carboxylic acids is 3. The van der Waals surface area contributed by atoms with Crippen molar-refractivity contribution in [3.8, 4) is 11.5 Å². The van der Waals surface area contributed by atoms with Crippen molar-refractivity contribution in [2.75, 3.05) is 12.4 Å². The average molecular weight is 452 g/mol. The smallest absolute Gasteiger partial charge is 0.343 e. The Morgan fingerprint density at radius 3 is 2.38 bits per heavy atom. The monoisotopic (exact) mass is 451 g/mol. The first-order chi connectivity index (χ1) is 15.4. The van der Waals surface area contributed by atoms with Crippen molar-refractivity contribution in [2.24, 2.45) is 5.10 Å². The van der Waals surface area contributed by atoms with E-state index in [1.807, 2.05) is 0 Å². The van der Waals surface area contributed by atoms with Gasteiger partial charge in [0.15, 0.2) is 0 Å². The molecule has 0 atom stereocenters. The van der Waals surface area contributed by atoms with Crippen LogP contribution in [0.25, 0.3) is 0 Å². The highest BCUT2D eigenvalue weighted by atomic mass is 35.5.